The number of aromatic nitrogens is 1. The zero-order valence-electron chi connectivity index (χ0n) is 11.4. The maximum Gasteiger partial charge on any atom is 0.273 e. The number of furan rings is 1. The van der Waals surface area contributed by atoms with Crippen LogP contribution in [0.4, 0.5) is 0 Å². The number of carbonyl (C=O) groups excluding carboxylic acids is 1. The van der Waals surface area contributed by atoms with Crippen molar-refractivity contribution in [3.05, 3.63) is 40.7 Å². The van der Waals surface area contributed by atoms with Crippen LogP contribution in [0.1, 0.15) is 41.9 Å². The second kappa shape index (κ2) is 4.68. The molecule has 2 fully saturated rings. The van der Waals surface area contributed by atoms with E-state index in [4.69, 9.17) is 4.42 Å². The summed E-state index contributed by atoms with van der Waals surface area (Å²) < 4.78 is 5.40. The topological polar surface area (TPSA) is 66.6 Å². The van der Waals surface area contributed by atoms with Gasteiger partial charge in [0, 0.05) is 30.3 Å². The van der Waals surface area contributed by atoms with E-state index in [2.05, 4.69) is 4.98 Å². The van der Waals surface area contributed by atoms with Crippen LogP contribution in [0.25, 0.3) is 0 Å². The fraction of sp³-hybridized carbons (Fsp3) is 0.467. The minimum absolute atomic E-state index is 0.00903. The van der Waals surface area contributed by atoms with Crippen molar-refractivity contribution >= 4 is 17.2 Å². The summed E-state index contributed by atoms with van der Waals surface area (Å²) in [6.45, 7) is 0. The van der Waals surface area contributed by atoms with Crippen LogP contribution < -0.4 is 0 Å². The van der Waals surface area contributed by atoms with Gasteiger partial charge < -0.3 is 14.4 Å². The molecule has 1 unspecified atom stereocenters. The Morgan fingerprint density at radius 2 is 2.19 bits per heavy atom. The first-order chi connectivity index (χ1) is 10.2. The van der Waals surface area contributed by atoms with E-state index in [1.807, 2.05) is 11.0 Å². The molecule has 0 aliphatic carbocycles. The van der Waals surface area contributed by atoms with Gasteiger partial charge >= 0.3 is 0 Å². The van der Waals surface area contributed by atoms with E-state index in [1.165, 1.54) is 11.3 Å². The largest absolute Gasteiger partial charge is 0.466 e. The van der Waals surface area contributed by atoms with E-state index in [0.717, 1.165) is 12.8 Å². The molecule has 0 aromatic carbocycles. The number of rotatable bonds is 2. The average molecular weight is 304 g/mol. The van der Waals surface area contributed by atoms with Gasteiger partial charge in [-0.15, -0.1) is 11.3 Å². The third-order valence-corrected chi connectivity index (χ3v) is 5.22. The average Bonchev–Trinajstić information content (AvgIpc) is 3.18. The minimum Gasteiger partial charge on any atom is -0.466 e. The van der Waals surface area contributed by atoms with Gasteiger partial charge in [-0.2, -0.15) is 0 Å². The standard InChI is InChI=1S/C15H16N2O3S/c18-14(12-8-21-9-16-12)17-10-3-4-11(17)7-15(19,6-10)13-2-1-5-20-13/h1-2,5,8-11,19H,3-4,6-7H2/t10-,11+,15?. The molecule has 6 heteroatoms. The molecule has 4 rings (SSSR count). The molecule has 2 saturated heterocycles. The van der Waals surface area contributed by atoms with Gasteiger partial charge in [0.1, 0.15) is 17.1 Å². The molecule has 0 radical (unpaired) electrons. The fourth-order valence-corrected chi connectivity index (χ4v) is 4.28. The molecule has 2 bridgehead atoms. The maximum atomic E-state index is 12.6. The van der Waals surface area contributed by atoms with Gasteiger partial charge in [-0.1, -0.05) is 0 Å². The molecular formula is C15H16N2O3S. The van der Waals surface area contributed by atoms with Crippen LogP contribution in [0.2, 0.25) is 0 Å². The molecule has 2 aliphatic heterocycles. The quantitative estimate of drug-likeness (QED) is 0.925. The van der Waals surface area contributed by atoms with Crippen molar-refractivity contribution in [1.82, 2.24) is 9.88 Å². The number of hydrogen-bond acceptors (Lipinski definition) is 5. The zero-order valence-corrected chi connectivity index (χ0v) is 12.3. The Kier molecular flexibility index (Phi) is 2.90. The third-order valence-electron chi connectivity index (χ3n) is 4.63. The summed E-state index contributed by atoms with van der Waals surface area (Å²) in [5, 5.41) is 12.7. The van der Waals surface area contributed by atoms with Crippen molar-refractivity contribution in [2.24, 2.45) is 0 Å². The van der Waals surface area contributed by atoms with Crippen LogP contribution in [0.15, 0.2) is 33.7 Å². The number of hydrogen-bond donors (Lipinski definition) is 1. The van der Waals surface area contributed by atoms with Gasteiger partial charge in [-0.3, -0.25) is 4.79 Å². The molecular weight excluding hydrogens is 288 g/mol. The Morgan fingerprint density at radius 3 is 2.76 bits per heavy atom. The van der Waals surface area contributed by atoms with E-state index >= 15 is 0 Å². The smallest absolute Gasteiger partial charge is 0.273 e. The predicted octanol–water partition coefficient (Wildman–Crippen LogP) is 2.39. The number of nitrogens with zero attached hydrogens (tertiary/aromatic N) is 2. The van der Waals surface area contributed by atoms with Crippen LogP contribution in [0.5, 0.6) is 0 Å². The molecule has 5 nitrogen and oxygen atoms in total. The lowest BCUT2D eigenvalue weighted by molar-refractivity contribution is -0.0616. The molecule has 2 aromatic heterocycles. The Labute approximate surface area is 126 Å². The number of carbonyl (C=O) groups is 1. The van der Waals surface area contributed by atoms with E-state index in [1.54, 1.807) is 23.2 Å². The summed E-state index contributed by atoms with van der Waals surface area (Å²) in [5.41, 5.74) is 1.24. The predicted molar refractivity (Wildman–Crippen MR) is 76.9 cm³/mol. The lowest BCUT2D eigenvalue weighted by Crippen LogP contribution is -2.52. The molecule has 1 amide bonds. The van der Waals surface area contributed by atoms with Gasteiger partial charge in [0.15, 0.2) is 0 Å². The summed E-state index contributed by atoms with van der Waals surface area (Å²) in [6.07, 6.45) is 4.52. The molecule has 0 saturated carbocycles. The first-order valence-corrected chi connectivity index (χ1v) is 8.09. The van der Waals surface area contributed by atoms with Crippen LogP contribution in [0, 0.1) is 0 Å². The third kappa shape index (κ3) is 2.01. The van der Waals surface area contributed by atoms with Crippen molar-refractivity contribution in [2.45, 2.75) is 43.4 Å². The molecule has 2 aliphatic rings. The van der Waals surface area contributed by atoms with Crippen LogP contribution in [-0.4, -0.2) is 33.0 Å². The SMILES string of the molecule is O=C(c1cscn1)N1[C@@H]2CC[C@H]1CC(O)(c1ccco1)C2. The van der Waals surface area contributed by atoms with Gasteiger partial charge in [-0.25, -0.2) is 4.98 Å². The van der Waals surface area contributed by atoms with E-state index in [0.29, 0.717) is 24.3 Å². The second-order valence-corrected chi connectivity index (χ2v) is 6.61. The summed E-state index contributed by atoms with van der Waals surface area (Å²) >= 11 is 1.43. The Morgan fingerprint density at radius 1 is 1.43 bits per heavy atom. The molecule has 1 N–H and O–H groups in total. The van der Waals surface area contributed by atoms with Crippen LogP contribution >= 0.6 is 11.3 Å². The zero-order chi connectivity index (χ0) is 14.4. The monoisotopic (exact) mass is 304 g/mol. The van der Waals surface area contributed by atoms with Gasteiger partial charge in [0.05, 0.1) is 11.8 Å². The van der Waals surface area contributed by atoms with Crippen LogP contribution in [-0.2, 0) is 5.60 Å². The molecule has 21 heavy (non-hydrogen) atoms. The van der Waals surface area contributed by atoms with Crippen molar-refractivity contribution in [3.8, 4) is 0 Å². The highest BCUT2D eigenvalue weighted by Gasteiger charge is 2.51. The second-order valence-electron chi connectivity index (χ2n) is 5.89. The highest BCUT2D eigenvalue weighted by molar-refractivity contribution is 7.07. The summed E-state index contributed by atoms with van der Waals surface area (Å²) in [5.74, 6) is 0.602. The maximum absolute atomic E-state index is 12.6. The van der Waals surface area contributed by atoms with Crippen molar-refractivity contribution in [1.29, 1.82) is 0 Å². The van der Waals surface area contributed by atoms with Gasteiger partial charge in [0.2, 0.25) is 0 Å². The Balaban J connectivity index is 1.61. The highest BCUT2D eigenvalue weighted by Crippen LogP contribution is 2.46. The first-order valence-electron chi connectivity index (χ1n) is 7.14. The summed E-state index contributed by atoms with van der Waals surface area (Å²) in [6, 6.07) is 3.74. The van der Waals surface area contributed by atoms with Crippen molar-refractivity contribution in [3.63, 3.8) is 0 Å². The highest BCUT2D eigenvalue weighted by atomic mass is 32.1. The molecule has 3 atom stereocenters. The van der Waals surface area contributed by atoms with Crippen LogP contribution in [0.3, 0.4) is 0 Å². The van der Waals surface area contributed by atoms with E-state index in [9.17, 15) is 9.90 Å². The normalized spacial score (nSPS) is 31.6. The van der Waals surface area contributed by atoms with E-state index in [-0.39, 0.29) is 18.0 Å². The Hall–Kier alpha value is -1.66. The van der Waals surface area contributed by atoms with Crippen molar-refractivity contribution < 1.29 is 14.3 Å². The lowest BCUT2D eigenvalue weighted by Gasteiger charge is -2.42. The fourth-order valence-electron chi connectivity index (χ4n) is 3.75. The summed E-state index contributed by atoms with van der Waals surface area (Å²) in [7, 11) is 0. The number of amides is 1. The number of aliphatic hydroxyl groups is 1. The first kappa shape index (κ1) is 13.0. The minimum atomic E-state index is -0.950. The number of thiazole rings is 1. The molecule has 4 heterocycles. The van der Waals surface area contributed by atoms with E-state index < -0.39 is 5.60 Å². The number of piperidine rings is 1. The molecule has 110 valence electrons. The molecule has 2 aromatic rings. The van der Waals surface area contributed by atoms with Gasteiger partial charge in [-0.05, 0) is 25.0 Å². The molecule has 0 spiro atoms. The lowest BCUT2D eigenvalue weighted by atomic mass is 9.84. The van der Waals surface area contributed by atoms with Gasteiger partial charge in [0.25, 0.3) is 5.91 Å². The number of fused-ring (bicyclic) bond motifs is 2. The van der Waals surface area contributed by atoms with Crippen molar-refractivity contribution in [2.75, 3.05) is 0 Å². The summed E-state index contributed by atoms with van der Waals surface area (Å²) in [4.78, 5) is 18.6. The Bertz CT molecular complexity index is 624.